The van der Waals surface area contributed by atoms with Crippen molar-refractivity contribution in [3.63, 3.8) is 0 Å². The highest BCUT2D eigenvalue weighted by molar-refractivity contribution is 6.36. The largest absolute Gasteiger partial charge is 0.357 e. The van der Waals surface area contributed by atoms with Crippen molar-refractivity contribution < 1.29 is 14.0 Å². The Balaban J connectivity index is 2.03. The summed E-state index contributed by atoms with van der Waals surface area (Å²) in [5.41, 5.74) is 1.42. The SMILES string of the molecule is CNC(=O)[C@@H](Cc1ccccc1)N(Cc1c(Cl)cccc1Cl)C(=O)Cc1c(F)cccc1Cl. The molecular weight excluding hydrogens is 486 g/mol. The molecule has 0 saturated heterocycles. The quantitative estimate of drug-likeness (QED) is 0.424. The number of hydrogen-bond donors (Lipinski definition) is 1. The van der Waals surface area contributed by atoms with Crippen LogP contribution < -0.4 is 5.32 Å². The lowest BCUT2D eigenvalue weighted by molar-refractivity contribution is -0.140. The minimum absolute atomic E-state index is 0.0334. The van der Waals surface area contributed by atoms with Crippen molar-refractivity contribution in [1.29, 1.82) is 0 Å². The fraction of sp³-hybridized carbons (Fsp3) is 0.200. The van der Waals surface area contributed by atoms with Crippen LogP contribution in [0.25, 0.3) is 0 Å². The van der Waals surface area contributed by atoms with Crippen molar-refractivity contribution in [1.82, 2.24) is 10.2 Å². The first kappa shape index (κ1) is 25.0. The summed E-state index contributed by atoms with van der Waals surface area (Å²) in [6.07, 6.45) is -0.0742. The number of amides is 2. The monoisotopic (exact) mass is 506 g/mol. The van der Waals surface area contributed by atoms with Gasteiger partial charge in [0.2, 0.25) is 11.8 Å². The normalized spacial score (nSPS) is 11.7. The first-order valence-electron chi connectivity index (χ1n) is 10.2. The average molecular weight is 508 g/mol. The zero-order chi connectivity index (χ0) is 24.0. The molecule has 0 spiro atoms. The molecule has 0 bridgehead atoms. The molecule has 2 amide bonds. The highest BCUT2D eigenvalue weighted by atomic mass is 35.5. The van der Waals surface area contributed by atoms with Crippen molar-refractivity contribution in [3.05, 3.63) is 104 Å². The number of likely N-dealkylation sites (N-methyl/N-ethyl adjacent to an activating group) is 1. The fourth-order valence-electron chi connectivity index (χ4n) is 3.53. The second kappa shape index (κ2) is 11.5. The molecule has 0 aliphatic carbocycles. The smallest absolute Gasteiger partial charge is 0.242 e. The zero-order valence-corrected chi connectivity index (χ0v) is 20.1. The van der Waals surface area contributed by atoms with Crippen LogP contribution >= 0.6 is 34.8 Å². The highest BCUT2D eigenvalue weighted by Crippen LogP contribution is 2.28. The standard InChI is InChI=1S/C25H22Cl3FN2O2/c1-30-25(33)23(13-16-7-3-2-4-8-16)31(15-18-20(27)9-5-10-21(18)28)24(32)14-17-19(26)11-6-12-22(17)29/h2-12,23H,13-15H2,1H3,(H,30,33)/t23-/m1/s1. The third-order valence-electron chi connectivity index (χ3n) is 5.30. The summed E-state index contributed by atoms with van der Waals surface area (Å²) in [6.45, 7) is -0.0334. The molecule has 1 atom stereocenters. The molecular formula is C25H22Cl3FN2O2. The van der Waals surface area contributed by atoms with Crippen LogP contribution in [0.2, 0.25) is 15.1 Å². The van der Waals surface area contributed by atoms with Crippen LogP contribution in [0.1, 0.15) is 16.7 Å². The number of halogens is 4. The minimum atomic E-state index is -0.886. The van der Waals surface area contributed by atoms with Crippen LogP contribution in [-0.2, 0) is 29.0 Å². The third-order valence-corrected chi connectivity index (χ3v) is 6.36. The Hall–Kier alpha value is -2.60. The van der Waals surface area contributed by atoms with Gasteiger partial charge >= 0.3 is 0 Å². The molecule has 0 heterocycles. The van der Waals surface area contributed by atoms with Gasteiger partial charge in [0.05, 0.1) is 6.42 Å². The molecule has 0 aromatic heterocycles. The molecule has 0 saturated carbocycles. The van der Waals surface area contributed by atoms with E-state index in [1.54, 1.807) is 18.2 Å². The van der Waals surface area contributed by atoms with Crippen molar-refractivity contribution in [3.8, 4) is 0 Å². The maximum absolute atomic E-state index is 14.4. The summed E-state index contributed by atoms with van der Waals surface area (Å²) in [5.74, 6) is -1.44. The van der Waals surface area contributed by atoms with Gasteiger partial charge in [0.15, 0.2) is 0 Å². The van der Waals surface area contributed by atoms with E-state index in [-0.39, 0.29) is 35.9 Å². The highest BCUT2D eigenvalue weighted by Gasteiger charge is 2.31. The predicted octanol–water partition coefficient (Wildman–Crippen LogP) is 5.71. The molecule has 172 valence electrons. The lowest BCUT2D eigenvalue weighted by atomic mass is 10.0. The van der Waals surface area contributed by atoms with Gasteiger partial charge in [0.25, 0.3) is 0 Å². The summed E-state index contributed by atoms with van der Waals surface area (Å²) in [6, 6.07) is 17.7. The van der Waals surface area contributed by atoms with Crippen molar-refractivity contribution >= 4 is 46.6 Å². The number of nitrogens with zero attached hydrogens (tertiary/aromatic N) is 1. The minimum Gasteiger partial charge on any atom is -0.357 e. The molecule has 4 nitrogen and oxygen atoms in total. The van der Waals surface area contributed by atoms with Crippen LogP contribution in [0.4, 0.5) is 4.39 Å². The Morgan fingerprint density at radius 1 is 0.879 bits per heavy atom. The van der Waals surface area contributed by atoms with Gasteiger partial charge in [-0.15, -0.1) is 0 Å². The van der Waals surface area contributed by atoms with Crippen molar-refractivity contribution in [2.24, 2.45) is 0 Å². The number of benzene rings is 3. The van der Waals surface area contributed by atoms with Crippen LogP contribution in [0, 0.1) is 5.82 Å². The van der Waals surface area contributed by atoms with E-state index in [1.807, 2.05) is 30.3 Å². The van der Waals surface area contributed by atoms with Crippen molar-refractivity contribution in [2.75, 3.05) is 7.05 Å². The fourth-order valence-corrected chi connectivity index (χ4v) is 4.28. The van der Waals surface area contributed by atoms with E-state index >= 15 is 0 Å². The number of carbonyl (C=O) groups excluding carboxylic acids is 2. The zero-order valence-electron chi connectivity index (χ0n) is 17.8. The molecule has 1 N–H and O–H groups in total. The van der Waals surface area contributed by atoms with Crippen LogP contribution in [-0.4, -0.2) is 29.8 Å². The van der Waals surface area contributed by atoms with Gasteiger partial charge in [0, 0.05) is 46.2 Å². The predicted molar refractivity (Wildman–Crippen MR) is 130 cm³/mol. The third kappa shape index (κ3) is 6.26. The second-order valence-corrected chi connectivity index (χ2v) is 8.64. The lowest BCUT2D eigenvalue weighted by Crippen LogP contribution is -2.50. The van der Waals surface area contributed by atoms with E-state index in [4.69, 9.17) is 34.8 Å². The Bertz CT molecular complexity index is 1100. The first-order chi connectivity index (χ1) is 15.8. The van der Waals surface area contributed by atoms with Gasteiger partial charge in [-0.3, -0.25) is 9.59 Å². The van der Waals surface area contributed by atoms with E-state index < -0.39 is 17.8 Å². The maximum atomic E-state index is 14.4. The van der Waals surface area contributed by atoms with E-state index in [1.165, 1.54) is 30.1 Å². The second-order valence-electron chi connectivity index (χ2n) is 7.42. The van der Waals surface area contributed by atoms with Gasteiger partial charge < -0.3 is 10.2 Å². The van der Waals surface area contributed by atoms with E-state index in [9.17, 15) is 14.0 Å². The molecule has 0 radical (unpaired) electrons. The Morgan fingerprint density at radius 2 is 1.45 bits per heavy atom. The molecule has 3 aromatic rings. The van der Waals surface area contributed by atoms with Gasteiger partial charge in [-0.25, -0.2) is 4.39 Å². The summed E-state index contributed by atoms with van der Waals surface area (Å²) in [7, 11) is 1.50. The number of hydrogen-bond acceptors (Lipinski definition) is 2. The summed E-state index contributed by atoms with van der Waals surface area (Å²) >= 11 is 18.9. The Kier molecular flexibility index (Phi) is 8.73. The lowest BCUT2D eigenvalue weighted by Gasteiger charge is -2.32. The van der Waals surface area contributed by atoms with E-state index in [0.29, 0.717) is 15.6 Å². The Labute approximate surface area is 207 Å². The summed E-state index contributed by atoms with van der Waals surface area (Å²) < 4.78 is 14.4. The molecule has 3 aromatic carbocycles. The maximum Gasteiger partial charge on any atom is 0.242 e. The van der Waals surface area contributed by atoms with Gasteiger partial charge in [-0.1, -0.05) is 77.3 Å². The van der Waals surface area contributed by atoms with Crippen LogP contribution in [0.15, 0.2) is 66.7 Å². The van der Waals surface area contributed by atoms with Crippen LogP contribution in [0.3, 0.4) is 0 Å². The molecule has 3 rings (SSSR count). The Morgan fingerprint density at radius 3 is 2.03 bits per heavy atom. The molecule has 0 unspecified atom stereocenters. The van der Waals surface area contributed by atoms with Crippen molar-refractivity contribution in [2.45, 2.75) is 25.4 Å². The van der Waals surface area contributed by atoms with E-state index in [2.05, 4.69) is 5.32 Å². The number of nitrogens with one attached hydrogen (secondary N) is 1. The molecule has 0 fully saturated rings. The van der Waals surface area contributed by atoms with E-state index in [0.717, 1.165) is 5.56 Å². The molecule has 33 heavy (non-hydrogen) atoms. The number of rotatable bonds is 8. The van der Waals surface area contributed by atoms with Gasteiger partial charge in [-0.2, -0.15) is 0 Å². The van der Waals surface area contributed by atoms with Gasteiger partial charge in [-0.05, 0) is 29.8 Å². The average Bonchev–Trinajstić information content (AvgIpc) is 2.80. The molecule has 8 heteroatoms. The molecule has 0 aliphatic rings. The number of carbonyl (C=O) groups is 2. The summed E-state index contributed by atoms with van der Waals surface area (Å²) in [4.78, 5) is 27.8. The summed E-state index contributed by atoms with van der Waals surface area (Å²) in [5, 5.41) is 3.48. The van der Waals surface area contributed by atoms with Gasteiger partial charge in [0.1, 0.15) is 11.9 Å². The first-order valence-corrected chi connectivity index (χ1v) is 11.4. The topological polar surface area (TPSA) is 49.4 Å². The molecule has 0 aliphatic heterocycles. The van der Waals surface area contributed by atoms with Crippen LogP contribution in [0.5, 0.6) is 0 Å².